The van der Waals surface area contributed by atoms with Crippen molar-refractivity contribution in [3.05, 3.63) is 42.4 Å². The second-order valence-corrected chi connectivity index (χ2v) is 11.7. The van der Waals surface area contributed by atoms with E-state index in [0.717, 1.165) is 63.1 Å². The number of aliphatic imine (C=N–C) groups is 1. The van der Waals surface area contributed by atoms with Gasteiger partial charge in [0.15, 0.2) is 0 Å². The van der Waals surface area contributed by atoms with E-state index in [1.165, 1.54) is 6.34 Å². The number of anilines is 2. The van der Waals surface area contributed by atoms with Gasteiger partial charge in [-0.05, 0) is 50.3 Å². The summed E-state index contributed by atoms with van der Waals surface area (Å²) in [5, 5.41) is 26.7. The van der Waals surface area contributed by atoms with Crippen LogP contribution >= 0.6 is 0 Å². The minimum atomic E-state index is -0.259. The second kappa shape index (κ2) is 17.6. The van der Waals surface area contributed by atoms with Crippen molar-refractivity contribution in [3.8, 4) is 28.8 Å². The van der Waals surface area contributed by atoms with Gasteiger partial charge < -0.3 is 35.1 Å². The topological polar surface area (TPSA) is 178 Å². The van der Waals surface area contributed by atoms with Crippen molar-refractivity contribution in [2.75, 3.05) is 64.6 Å². The van der Waals surface area contributed by atoms with Crippen LogP contribution in [0.15, 0.2) is 41.8 Å². The number of nitrogens with zero attached hydrogens (tertiary/aromatic N) is 7. The van der Waals surface area contributed by atoms with E-state index >= 15 is 0 Å². The molecule has 1 aromatic carbocycles. The van der Waals surface area contributed by atoms with Crippen LogP contribution < -0.4 is 20.5 Å². The molecule has 0 unspecified atom stereocenters. The average Bonchev–Trinajstić information content (AvgIpc) is 3.51. The van der Waals surface area contributed by atoms with Crippen LogP contribution in [0.2, 0.25) is 0 Å². The molecule has 4 N–H and O–H groups in total. The van der Waals surface area contributed by atoms with Gasteiger partial charge in [0.25, 0.3) is 5.88 Å². The van der Waals surface area contributed by atoms with Gasteiger partial charge >= 0.3 is 0 Å². The molecule has 1 atom stereocenters. The van der Waals surface area contributed by atoms with Crippen LogP contribution in [0.4, 0.5) is 11.6 Å². The van der Waals surface area contributed by atoms with Gasteiger partial charge in [-0.25, -0.2) is 9.97 Å². The van der Waals surface area contributed by atoms with Crippen molar-refractivity contribution in [2.45, 2.75) is 57.2 Å². The van der Waals surface area contributed by atoms with E-state index < -0.39 is 0 Å². The van der Waals surface area contributed by atoms with E-state index in [1.807, 2.05) is 23.9 Å². The molecule has 5 rings (SSSR count). The highest BCUT2D eigenvalue weighted by Crippen LogP contribution is 2.35. The van der Waals surface area contributed by atoms with Crippen molar-refractivity contribution in [3.63, 3.8) is 0 Å². The zero-order valence-electron chi connectivity index (χ0n) is 27.0. The molecular weight excluding hydrogens is 602 g/mol. The first-order valence-electron chi connectivity index (χ1n) is 16.3. The standard InChI is InChI=1S/C33H45N9O5/c1-24(19-36-23-35)47-31-17-25(3-4-26(31)18-34)27-20-37-33(38-21-27)39-30-22-42(40-32(30)46-13-2-12-44-16-11-43)29-7-5-28(6-8-29)41-9-14-45-15-10-41/h3-4,17,20-24,28-29,43H,2,5-16,19H2,1H3,(H2,35,36)(H,37,38,39)/t24-,28?,29?/m0/s1. The summed E-state index contributed by atoms with van der Waals surface area (Å²) in [5.74, 6) is 1.35. The number of nitrogens with one attached hydrogen (secondary N) is 1. The Labute approximate surface area is 275 Å². The Kier molecular flexibility index (Phi) is 12.7. The second-order valence-electron chi connectivity index (χ2n) is 11.7. The van der Waals surface area contributed by atoms with Gasteiger partial charge in [-0.3, -0.25) is 14.6 Å². The van der Waals surface area contributed by atoms with Gasteiger partial charge in [-0.1, -0.05) is 6.07 Å². The van der Waals surface area contributed by atoms with E-state index in [4.69, 9.17) is 34.9 Å². The Morgan fingerprint density at radius 1 is 1.13 bits per heavy atom. The summed E-state index contributed by atoms with van der Waals surface area (Å²) in [4.78, 5) is 15.7. The Bertz CT molecular complexity index is 1460. The van der Waals surface area contributed by atoms with Crippen molar-refractivity contribution in [1.29, 1.82) is 5.26 Å². The quantitative estimate of drug-likeness (QED) is 0.118. The molecule has 2 aromatic heterocycles. The molecule has 3 aromatic rings. The first kappa shape index (κ1) is 34.1. The van der Waals surface area contributed by atoms with Gasteiger partial charge in [0, 0.05) is 50.1 Å². The van der Waals surface area contributed by atoms with E-state index in [0.29, 0.717) is 67.7 Å². The molecule has 0 amide bonds. The lowest BCUT2D eigenvalue weighted by atomic mass is 9.90. The van der Waals surface area contributed by atoms with Crippen molar-refractivity contribution in [1.82, 2.24) is 24.6 Å². The van der Waals surface area contributed by atoms with Crippen molar-refractivity contribution < 1.29 is 24.1 Å². The van der Waals surface area contributed by atoms with Crippen LogP contribution in [-0.4, -0.2) is 108 Å². The van der Waals surface area contributed by atoms with E-state index in [1.54, 1.807) is 24.5 Å². The first-order chi connectivity index (χ1) is 23.1. The Morgan fingerprint density at radius 3 is 2.62 bits per heavy atom. The Hall–Kier alpha value is -4.29. The van der Waals surface area contributed by atoms with Crippen molar-refractivity contribution >= 4 is 18.0 Å². The lowest BCUT2D eigenvalue weighted by Gasteiger charge is -2.38. The molecule has 0 spiro atoms. The fraction of sp³-hybridized carbons (Fsp3) is 0.545. The molecule has 2 fully saturated rings. The number of hydrogen-bond donors (Lipinski definition) is 3. The maximum atomic E-state index is 9.57. The number of benzene rings is 1. The fourth-order valence-corrected chi connectivity index (χ4v) is 5.90. The number of rotatable bonds is 16. The smallest absolute Gasteiger partial charge is 0.256 e. The maximum Gasteiger partial charge on any atom is 0.256 e. The number of morpholine rings is 1. The molecule has 1 saturated carbocycles. The van der Waals surface area contributed by atoms with Crippen LogP contribution in [0.5, 0.6) is 11.6 Å². The average molecular weight is 648 g/mol. The highest BCUT2D eigenvalue weighted by molar-refractivity contribution is 5.67. The van der Waals surface area contributed by atoms with E-state index in [9.17, 15) is 5.26 Å². The first-order valence-corrected chi connectivity index (χ1v) is 16.3. The van der Waals surface area contributed by atoms with Crippen LogP contribution in [0, 0.1) is 11.3 Å². The van der Waals surface area contributed by atoms with Crippen LogP contribution in [0.25, 0.3) is 11.1 Å². The largest absolute Gasteiger partial charge is 0.487 e. The highest BCUT2D eigenvalue weighted by Gasteiger charge is 2.29. The molecule has 0 radical (unpaired) electrons. The van der Waals surface area contributed by atoms with Crippen LogP contribution in [-0.2, 0) is 9.47 Å². The fourth-order valence-electron chi connectivity index (χ4n) is 5.90. The third kappa shape index (κ3) is 9.61. The SMILES string of the molecule is C[C@@H](CN=CN)Oc1cc(-c2cnc(Nc3cn(C4CCC(N5CCOCC5)CC4)nc3OCCCOCCO)nc2)ccc1C#N. The highest BCUT2D eigenvalue weighted by atomic mass is 16.5. The number of hydrogen-bond acceptors (Lipinski definition) is 12. The predicted octanol–water partition coefficient (Wildman–Crippen LogP) is 3.30. The summed E-state index contributed by atoms with van der Waals surface area (Å²) < 4.78 is 25.0. The summed E-state index contributed by atoms with van der Waals surface area (Å²) in [5.41, 5.74) is 8.05. The minimum absolute atomic E-state index is 0.00397. The molecule has 2 aliphatic rings. The number of nitrogens with two attached hydrogens (primary N) is 1. The predicted molar refractivity (Wildman–Crippen MR) is 177 cm³/mol. The number of aliphatic hydroxyl groups excluding tert-OH is 1. The molecule has 1 aliphatic carbocycles. The number of aromatic nitrogens is 4. The van der Waals surface area contributed by atoms with E-state index in [2.05, 4.69) is 31.2 Å². The Morgan fingerprint density at radius 2 is 1.89 bits per heavy atom. The van der Waals surface area contributed by atoms with Crippen LogP contribution in [0.3, 0.4) is 0 Å². The lowest BCUT2D eigenvalue weighted by Crippen LogP contribution is -2.45. The lowest BCUT2D eigenvalue weighted by molar-refractivity contribution is 0.00502. The monoisotopic (exact) mass is 647 g/mol. The summed E-state index contributed by atoms with van der Waals surface area (Å²) >= 11 is 0. The molecule has 252 valence electrons. The zero-order chi connectivity index (χ0) is 32.8. The third-order valence-electron chi connectivity index (χ3n) is 8.34. The zero-order valence-corrected chi connectivity index (χ0v) is 27.0. The van der Waals surface area contributed by atoms with Gasteiger partial charge in [0.1, 0.15) is 23.6 Å². The molecule has 1 aliphatic heterocycles. The van der Waals surface area contributed by atoms with E-state index in [-0.39, 0.29) is 18.8 Å². The number of aliphatic hydroxyl groups is 1. The molecule has 3 heterocycles. The van der Waals surface area contributed by atoms with Crippen molar-refractivity contribution in [2.24, 2.45) is 10.7 Å². The summed E-state index contributed by atoms with van der Waals surface area (Å²) in [6.07, 6.45) is 11.4. The molecular formula is C33H45N9O5. The summed E-state index contributed by atoms with van der Waals surface area (Å²) in [6, 6.07) is 8.41. The maximum absolute atomic E-state index is 9.57. The van der Waals surface area contributed by atoms with Gasteiger partial charge in [0.05, 0.1) is 63.7 Å². The number of nitriles is 1. The molecule has 47 heavy (non-hydrogen) atoms. The molecule has 1 saturated heterocycles. The Balaban J connectivity index is 1.27. The van der Waals surface area contributed by atoms with Gasteiger partial charge in [-0.2, -0.15) is 5.26 Å². The number of ether oxygens (including phenoxy) is 4. The molecule has 14 nitrogen and oxygen atoms in total. The third-order valence-corrected chi connectivity index (χ3v) is 8.34. The molecule has 14 heteroatoms. The van der Waals surface area contributed by atoms with Gasteiger partial charge in [-0.15, -0.1) is 5.10 Å². The van der Waals surface area contributed by atoms with Crippen LogP contribution in [0.1, 0.15) is 50.6 Å². The summed E-state index contributed by atoms with van der Waals surface area (Å²) in [6.45, 7) is 7.10. The normalized spacial score (nSPS) is 19.3. The molecule has 0 bridgehead atoms. The minimum Gasteiger partial charge on any atom is -0.487 e. The van der Waals surface area contributed by atoms with Gasteiger partial charge in [0.2, 0.25) is 5.95 Å². The summed E-state index contributed by atoms with van der Waals surface area (Å²) in [7, 11) is 0.